The summed E-state index contributed by atoms with van der Waals surface area (Å²) in [6, 6.07) is 7.94. The Bertz CT molecular complexity index is 528. The summed E-state index contributed by atoms with van der Waals surface area (Å²) in [7, 11) is 0. The number of carbonyl (C=O) groups excluding carboxylic acids is 1. The lowest BCUT2D eigenvalue weighted by molar-refractivity contribution is -0.116. The third-order valence-corrected chi connectivity index (χ3v) is 2.72. The number of nitrogens with zero attached hydrogens (tertiary/aromatic N) is 3. The molecule has 0 saturated heterocycles. The molecule has 2 rings (SSSR count). The van der Waals surface area contributed by atoms with Gasteiger partial charge in [0.1, 0.15) is 12.1 Å². The number of carbonyl (C=O) groups is 1. The van der Waals surface area contributed by atoms with Crippen molar-refractivity contribution in [1.29, 1.82) is 0 Å². The third kappa shape index (κ3) is 2.83. The Morgan fingerprint density at radius 2 is 2.00 bits per heavy atom. The van der Waals surface area contributed by atoms with E-state index in [1.165, 1.54) is 0 Å². The van der Waals surface area contributed by atoms with Crippen LogP contribution in [0.5, 0.6) is 0 Å². The number of hydrogen-bond donors (Lipinski definition) is 0. The van der Waals surface area contributed by atoms with Crippen molar-refractivity contribution < 1.29 is 4.79 Å². The zero-order chi connectivity index (χ0) is 13.0. The van der Waals surface area contributed by atoms with E-state index in [0.717, 1.165) is 29.9 Å². The Kier molecular flexibility index (Phi) is 3.87. The fourth-order valence-electron chi connectivity index (χ4n) is 1.92. The van der Waals surface area contributed by atoms with Crippen LogP contribution < -0.4 is 0 Å². The van der Waals surface area contributed by atoms with Gasteiger partial charge in [0.25, 0.3) is 0 Å². The minimum atomic E-state index is 0.178. The van der Waals surface area contributed by atoms with Crippen molar-refractivity contribution in [3.8, 4) is 11.4 Å². The molecule has 0 aliphatic heterocycles. The number of ketones is 1. The van der Waals surface area contributed by atoms with E-state index in [1.807, 2.05) is 28.9 Å². The number of aryl methyl sites for hydroxylation is 1. The molecule has 1 aromatic carbocycles. The maximum Gasteiger partial charge on any atom is 0.158 e. The van der Waals surface area contributed by atoms with Crippen molar-refractivity contribution in [3.05, 3.63) is 36.2 Å². The van der Waals surface area contributed by atoms with Gasteiger partial charge < -0.3 is 0 Å². The second-order valence-corrected chi connectivity index (χ2v) is 4.38. The van der Waals surface area contributed by atoms with Crippen molar-refractivity contribution in [2.24, 2.45) is 0 Å². The molecule has 0 fully saturated rings. The molecule has 0 spiro atoms. The van der Waals surface area contributed by atoms with E-state index in [2.05, 4.69) is 17.0 Å². The Morgan fingerprint density at radius 3 is 2.61 bits per heavy atom. The number of rotatable bonds is 5. The molecule has 0 unspecified atom stereocenters. The molecule has 0 bridgehead atoms. The molecule has 0 aliphatic rings. The van der Waals surface area contributed by atoms with E-state index in [4.69, 9.17) is 0 Å². The lowest BCUT2D eigenvalue weighted by atomic mass is 10.1. The van der Waals surface area contributed by atoms with Crippen LogP contribution in [-0.2, 0) is 17.8 Å². The first-order valence-corrected chi connectivity index (χ1v) is 6.17. The average molecular weight is 243 g/mol. The lowest BCUT2D eigenvalue weighted by Crippen LogP contribution is -2.02. The standard InChI is InChI=1S/C14H17N3O/c1-3-8-17-14(15-10-16-17)13-6-4-12(5-7-13)9-11(2)18/h4-7,10H,3,8-9H2,1-2H3. The van der Waals surface area contributed by atoms with Gasteiger partial charge in [0.15, 0.2) is 5.82 Å². The van der Waals surface area contributed by atoms with Crippen LogP contribution >= 0.6 is 0 Å². The van der Waals surface area contributed by atoms with Gasteiger partial charge in [-0.25, -0.2) is 9.67 Å². The summed E-state index contributed by atoms with van der Waals surface area (Å²) in [5, 5.41) is 4.20. The SMILES string of the molecule is CCCn1ncnc1-c1ccc(CC(C)=O)cc1. The van der Waals surface area contributed by atoms with Crippen LogP contribution in [-0.4, -0.2) is 20.5 Å². The van der Waals surface area contributed by atoms with Gasteiger partial charge in [-0.3, -0.25) is 4.79 Å². The van der Waals surface area contributed by atoms with E-state index in [1.54, 1.807) is 13.3 Å². The largest absolute Gasteiger partial charge is 0.300 e. The summed E-state index contributed by atoms with van der Waals surface area (Å²) in [6.07, 6.45) is 3.09. The second-order valence-electron chi connectivity index (χ2n) is 4.38. The summed E-state index contributed by atoms with van der Waals surface area (Å²) in [6.45, 7) is 4.58. The summed E-state index contributed by atoms with van der Waals surface area (Å²) in [4.78, 5) is 15.3. The molecule has 2 aromatic rings. The Labute approximate surface area is 107 Å². The van der Waals surface area contributed by atoms with Crippen molar-refractivity contribution >= 4 is 5.78 Å². The summed E-state index contributed by atoms with van der Waals surface area (Å²) in [5.41, 5.74) is 2.07. The van der Waals surface area contributed by atoms with Crippen molar-refractivity contribution in [2.45, 2.75) is 33.2 Å². The zero-order valence-electron chi connectivity index (χ0n) is 10.8. The summed E-state index contributed by atoms with van der Waals surface area (Å²) < 4.78 is 1.90. The van der Waals surface area contributed by atoms with Crippen LogP contribution in [0.25, 0.3) is 11.4 Å². The molecule has 4 heteroatoms. The van der Waals surface area contributed by atoms with E-state index >= 15 is 0 Å². The summed E-state index contributed by atoms with van der Waals surface area (Å²) in [5.74, 6) is 1.06. The molecule has 0 N–H and O–H groups in total. The molecule has 0 amide bonds. The highest BCUT2D eigenvalue weighted by Crippen LogP contribution is 2.17. The molecule has 0 atom stereocenters. The van der Waals surface area contributed by atoms with Gasteiger partial charge in [-0.05, 0) is 18.9 Å². The average Bonchev–Trinajstić information content (AvgIpc) is 2.78. The summed E-state index contributed by atoms with van der Waals surface area (Å²) >= 11 is 0. The Hall–Kier alpha value is -1.97. The smallest absolute Gasteiger partial charge is 0.158 e. The van der Waals surface area contributed by atoms with Crippen LogP contribution in [0.15, 0.2) is 30.6 Å². The predicted molar refractivity (Wildman–Crippen MR) is 70.1 cm³/mol. The van der Waals surface area contributed by atoms with Gasteiger partial charge in [-0.2, -0.15) is 5.10 Å². The van der Waals surface area contributed by atoms with E-state index in [9.17, 15) is 4.79 Å². The first-order chi connectivity index (χ1) is 8.70. The van der Waals surface area contributed by atoms with Crippen LogP contribution in [0.1, 0.15) is 25.8 Å². The van der Waals surface area contributed by atoms with Gasteiger partial charge >= 0.3 is 0 Å². The van der Waals surface area contributed by atoms with Crippen LogP contribution in [0.3, 0.4) is 0 Å². The van der Waals surface area contributed by atoms with E-state index in [0.29, 0.717) is 6.42 Å². The van der Waals surface area contributed by atoms with Crippen molar-refractivity contribution in [3.63, 3.8) is 0 Å². The highest BCUT2D eigenvalue weighted by atomic mass is 16.1. The van der Waals surface area contributed by atoms with Crippen molar-refractivity contribution in [2.75, 3.05) is 0 Å². The van der Waals surface area contributed by atoms with Gasteiger partial charge in [0.2, 0.25) is 0 Å². The third-order valence-electron chi connectivity index (χ3n) is 2.72. The van der Waals surface area contributed by atoms with Gasteiger partial charge in [-0.1, -0.05) is 31.2 Å². The fourth-order valence-corrected chi connectivity index (χ4v) is 1.92. The minimum Gasteiger partial charge on any atom is -0.300 e. The highest BCUT2D eigenvalue weighted by molar-refractivity contribution is 5.78. The molecule has 1 aromatic heterocycles. The quantitative estimate of drug-likeness (QED) is 0.810. The maximum atomic E-state index is 11.0. The van der Waals surface area contributed by atoms with Crippen LogP contribution in [0.4, 0.5) is 0 Å². The van der Waals surface area contributed by atoms with Gasteiger partial charge in [-0.15, -0.1) is 0 Å². The first-order valence-electron chi connectivity index (χ1n) is 6.17. The molecule has 4 nitrogen and oxygen atoms in total. The second kappa shape index (κ2) is 5.58. The number of Topliss-reactive ketones (excluding diaryl/α,β-unsaturated/α-hetero) is 1. The Morgan fingerprint density at radius 1 is 1.28 bits per heavy atom. The Balaban J connectivity index is 2.23. The first kappa shape index (κ1) is 12.5. The van der Waals surface area contributed by atoms with Crippen LogP contribution in [0.2, 0.25) is 0 Å². The molecule has 0 radical (unpaired) electrons. The monoisotopic (exact) mass is 243 g/mol. The number of aromatic nitrogens is 3. The molecular formula is C14H17N3O. The zero-order valence-corrected chi connectivity index (χ0v) is 10.8. The molecule has 94 valence electrons. The molecule has 0 saturated carbocycles. The highest BCUT2D eigenvalue weighted by Gasteiger charge is 2.06. The molecule has 0 aliphatic carbocycles. The van der Waals surface area contributed by atoms with E-state index in [-0.39, 0.29) is 5.78 Å². The predicted octanol–water partition coefficient (Wildman–Crippen LogP) is 2.49. The number of hydrogen-bond acceptors (Lipinski definition) is 3. The molecule has 1 heterocycles. The lowest BCUT2D eigenvalue weighted by Gasteiger charge is -2.05. The number of benzene rings is 1. The normalized spacial score (nSPS) is 10.6. The minimum absolute atomic E-state index is 0.178. The van der Waals surface area contributed by atoms with Crippen LogP contribution in [0, 0.1) is 0 Å². The maximum absolute atomic E-state index is 11.0. The van der Waals surface area contributed by atoms with Gasteiger partial charge in [0.05, 0.1) is 0 Å². The van der Waals surface area contributed by atoms with Gasteiger partial charge in [0, 0.05) is 18.5 Å². The van der Waals surface area contributed by atoms with E-state index < -0.39 is 0 Å². The topological polar surface area (TPSA) is 47.8 Å². The van der Waals surface area contributed by atoms with Crippen molar-refractivity contribution in [1.82, 2.24) is 14.8 Å². The molecule has 18 heavy (non-hydrogen) atoms. The molecular weight excluding hydrogens is 226 g/mol. The fraction of sp³-hybridized carbons (Fsp3) is 0.357.